The fourth-order valence-corrected chi connectivity index (χ4v) is 2.55. The number of hydrogen-bond donors (Lipinski definition) is 0. The smallest absolute Gasteiger partial charge is 0.336 e. The number of nitrogens with zero attached hydrogens (tertiary/aromatic N) is 5. The Morgan fingerprint density at radius 1 is 1.10 bits per heavy atom. The summed E-state index contributed by atoms with van der Waals surface area (Å²) in [6.45, 7) is 0.569. The highest BCUT2D eigenvalue weighted by molar-refractivity contribution is 5.90. The van der Waals surface area contributed by atoms with Gasteiger partial charge in [-0.2, -0.15) is 31.6 Å². The molecule has 12 heteroatoms. The first-order chi connectivity index (χ1) is 13.5. The van der Waals surface area contributed by atoms with Crippen molar-refractivity contribution in [2.24, 2.45) is 5.92 Å². The Balaban J connectivity index is 1.83. The summed E-state index contributed by atoms with van der Waals surface area (Å²) < 4.78 is 78.7. The molecule has 3 rings (SSSR count). The molecule has 0 radical (unpaired) electrons. The molecule has 0 bridgehead atoms. The van der Waals surface area contributed by atoms with Crippen LogP contribution in [0.4, 0.5) is 26.3 Å². The van der Waals surface area contributed by atoms with Gasteiger partial charge in [-0.15, -0.1) is 5.10 Å². The summed E-state index contributed by atoms with van der Waals surface area (Å²) in [5, 5.41) is 12.5. The van der Waals surface area contributed by atoms with Gasteiger partial charge in [0, 0.05) is 30.9 Å². The van der Waals surface area contributed by atoms with Gasteiger partial charge in [0.25, 0.3) is 0 Å². The first kappa shape index (κ1) is 20.4. The lowest BCUT2D eigenvalue weighted by Gasteiger charge is -2.34. The van der Waals surface area contributed by atoms with Crippen molar-refractivity contribution in [2.45, 2.75) is 12.4 Å². The minimum Gasteiger partial charge on any atom is -0.336 e. The van der Waals surface area contributed by atoms with Gasteiger partial charge in [0.15, 0.2) is 5.82 Å². The molecule has 0 atom stereocenters. The Morgan fingerprint density at radius 2 is 1.69 bits per heavy atom. The zero-order valence-corrected chi connectivity index (χ0v) is 14.4. The van der Waals surface area contributed by atoms with Gasteiger partial charge in [-0.05, 0) is 18.2 Å². The van der Waals surface area contributed by atoms with E-state index in [2.05, 4.69) is 10.1 Å². The Morgan fingerprint density at radius 3 is 2.21 bits per heavy atom. The van der Waals surface area contributed by atoms with Crippen LogP contribution in [-0.4, -0.2) is 38.7 Å². The number of nitriles is 1. The molecule has 0 N–H and O–H groups in total. The second-order valence-corrected chi connectivity index (χ2v) is 6.23. The lowest BCUT2D eigenvalue weighted by molar-refractivity contribution is -0.143. The fraction of sp³-hybridized carbons (Fsp3) is 0.294. The van der Waals surface area contributed by atoms with Gasteiger partial charge in [-0.3, -0.25) is 4.79 Å². The number of likely N-dealkylation sites (tertiary alicyclic amines) is 1. The minimum absolute atomic E-state index is 0.0145. The summed E-state index contributed by atoms with van der Waals surface area (Å²) in [5.74, 6) is -1.01. The fourth-order valence-electron chi connectivity index (χ4n) is 2.55. The Bertz CT molecular complexity index is 963. The molecule has 152 valence electrons. The van der Waals surface area contributed by atoms with Crippen LogP contribution in [0, 0.1) is 17.2 Å². The number of halogens is 6. The number of amides is 1. The van der Waals surface area contributed by atoms with Crippen molar-refractivity contribution in [2.75, 3.05) is 13.1 Å². The molecule has 1 saturated heterocycles. The molecule has 2 heterocycles. The summed E-state index contributed by atoms with van der Waals surface area (Å²) in [6, 6.07) is 3.06. The van der Waals surface area contributed by atoms with Crippen LogP contribution in [0.25, 0.3) is 17.6 Å². The van der Waals surface area contributed by atoms with E-state index >= 15 is 0 Å². The first-order valence-electron chi connectivity index (χ1n) is 8.05. The number of carbonyl (C=O) groups excluding carboxylic acids is 1. The quantitative estimate of drug-likeness (QED) is 0.569. The van der Waals surface area contributed by atoms with Crippen LogP contribution in [0.1, 0.15) is 11.1 Å². The monoisotopic (exact) mass is 415 g/mol. The SMILES string of the molecule is N#CC1CN(C(=O)C=Cn2cnc(-c3cc(C(F)(F)F)cc(C(F)(F)F)c3)n2)C1. The highest BCUT2D eigenvalue weighted by atomic mass is 19.4. The maximum absolute atomic E-state index is 12.9. The molecule has 1 amide bonds. The van der Waals surface area contributed by atoms with Gasteiger partial charge in [-0.1, -0.05) is 0 Å². The third-order valence-corrected chi connectivity index (χ3v) is 4.10. The molecule has 6 nitrogen and oxygen atoms in total. The molecule has 1 aromatic heterocycles. The molecule has 0 saturated carbocycles. The Kier molecular flexibility index (Phi) is 5.08. The van der Waals surface area contributed by atoms with E-state index in [4.69, 9.17) is 5.26 Å². The Hall–Kier alpha value is -3.36. The highest BCUT2D eigenvalue weighted by Gasteiger charge is 2.37. The zero-order valence-electron chi connectivity index (χ0n) is 14.4. The Labute approximate surface area is 159 Å². The maximum Gasteiger partial charge on any atom is 0.416 e. The third-order valence-electron chi connectivity index (χ3n) is 4.10. The summed E-state index contributed by atoms with van der Waals surface area (Å²) in [5.41, 5.74) is -3.42. The van der Waals surface area contributed by atoms with Crippen molar-refractivity contribution in [3.05, 3.63) is 41.7 Å². The standard InChI is InChI=1S/C17H11F6N5O/c18-16(19,20)12-3-11(4-13(5-12)17(21,22)23)15-25-9-28(26-15)2-1-14(29)27-7-10(6-24)8-27/h1-5,9-10H,7-8H2. The third kappa shape index (κ3) is 4.56. The molecule has 1 aliphatic heterocycles. The van der Waals surface area contributed by atoms with E-state index in [1.165, 1.54) is 4.90 Å². The number of hydrogen-bond acceptors (Lipinski definition) is 4. The lowest BCUT2D eigenvalue weighted by Crippen LogP contribution is -2.48. The van der Waals surface area contributed by atoms with Gasteiger partial charge < -0.3 is 4.90 Å². The maximum atomic E-state index is 12.9. The number of alkyl halides is 6. The molecular formula is C17H11F6N5O. The number of rotatable bonds is 3. The highest BCUT2D eigenvalue weighted by Crippen LogP contribution is 2.38. The van der Waals surface area contributed by atoms with Crippen LogP contribution >= 0.6 is 0 Å². The summed E-state index contributed by atoms with van der Waals surface area (Å²) in [7, 11) is 0. The zero-order chi connectivity index (χ0) is 21.4. The van der Waals surface area contributed by atoms with Gasteiger partial charge in [0.1, 0.15) is 6.33 Å². The van der Waals surface area contributed by atoms with Crippen LogP contribution in [0.3, 0.4) is 0 Å². The second-order valence-electron chi connectivity index (χ2n) is 6.23. The van der Waals surface area contributed by atoms with E-state index in [-0.39, 0.29) is 30.9 Å². The van der Waals surface area contributed by atoms with Crippen LogP contribution in [0.5, 0.6) is 0 Å². The minimum atomic E-state index is -4.98. The number of benzene rings is 1. The number of carbonyl (C=O) groups is 1. The molecule has 29 heavy (non-hydrogen) atoms. The summed E-state index contributed by atoms with van der Waals surface area (Å²) in [4.78, 5) is 17.0. The summed E-state index contributed by atoms with van der Waals surface area (Å²) >= 11 is 0. The molecule has 1 aliphatic rings. The van der Waals surface area contributed by atoms with Crippen molar-refractivity contribution in [3.63, 3.8) is 0 Å². The molecule has 0 spiro atoms. The molecule has 1 aromatic carbocycles. The molecule has 1 fully saturated rings. The first-order valence-corrected chi connectivity index (χ1v) is 8.05. The molecule has 0 unspecified atom stereocenters. The van der Waals surface area contributed by atoms with Crippen molar-refractivity contribution < 1.29 is 31.1 Å². The van der Waals surface area contributed by atoms with E-state index in [1.54, 1.807) is 0 Å². The largest absolute Gasteiger partial charge is 0.416 e. The van der Waals surface area contributed by atoms with Crippen LogP contribution in [0.2, 0.25) is 0 Å². The average molecular weight is 415 g/mol. The van der Waals surface area contributed by atoms with E-state index in [0.29, 0.717) is 12.1 Å². The van der Waals surface area contributed by atoms with Crippen molar-refractivity contribution in [3.8, 4) is 17.5 Å². The van der Waals surface area contributed by atoms with E-state index in [0.717, 1.165) is 23.3 Å². The van der Waals surface area contributed by atoms with Crippen LogP contribution in [0.15, 0.2) is 30.6 Å². The predicted molar refractivity (Wildman–Crippen MR) is 86.5 cm³/mol. The predicted octanol–water partition coefficient (Wildman–Crippen LogP) is 3.44. The van der Waals surface area contributed by atoms with Crippen molar-refractivity contribution >= 4 is 12.1 Å². The van der Waals surface area contributed by atoms with Crippen LogP contribution in [-0.2, 0) is 17.1 Å². The van der Waals surface area contributed by atoms with Crippen LogP contribution < -0.4 is 0 Å². The van der Waals surface area contributed by atoms with Gasteiger partial charge in [0.2, 0.25) is 5.91 Å². The summed E-state index contributed by atoms with van der Waals surface area (Å²) in [6.07, 6.45) is -6.65. The van der Waals surface area contributed by atoms with Crippen molar-refractivity contribution in [1.82, 2.24) is 19.7 Å². The molecule has 0 aliphatic carbocycles. The number of aromatic nitrogens is 3. The normalized spacial score (nSPS) is 15.4. The van der Waals surface area contributed by atoms with Gasteiger partial charge >= 0.3 is 12.4 Å². The van der Waals surface area contributed by atoms with E-state index < -0.39 is 35.0 Å². The van der Waals surface area contributed by atoms with E-state index in [9.17, 15) is 31.1 Å². The molecular weight excluding hydrogens is 404 g/mol. The topological polar surface area (TPSA) is 74.8 Å². The van der Waals surface area contributed by atoms with E-state index in [1.807, 2.05) is 6.07 Å². The van der Waals surface area contributed by atoms with Gasteiger partial charge in [-0.25, -0.2) is 9.67 Å². The van der Waals surface area contributed by atoms with Gasteiger partial charge in [0.05, 0.1) is 23.1 Å². The molecule has 2 aromatic rings. The second kappa shape index (κ2) is 7.23. The average Bonchev–Trinajstić information content (AvgIpc) is 3.06. The lowest BCUT2D eigenvalue weighted by atomic mass is 10.0. The van der Waals surface area contributed by atoms with Crippen molar-refractivity contribution in [1.29, 1.82) is 5.26 Å².